The van der Waals surface area contributed by atoms with E-state index in [0.29, 0.717) is 17.9 Å². The predicted molar refractivity (Wildman–Crippen MR) is 169 cm³/mol. The van der Waals surface area contributed by atoms with E-state index in [-0.39, 0.29) is 29.1 Å². The van der Waals surface area contributed by atoms with Crippen molar-refractivity contribution in [3.05, 3.63) is 83.4 Å². The number of rotatable bonds is 14. The lowest BCUT2D eigenvalue weighted by Crippen LogP contribution is -2.53. The van der Waals surface area contributed by atoms with Gasteiger partial charge in [0.25, 0.3) is 10.0 Å². The number of carbonyl (C=O) groups excluding carboxylic acids is 2. The molecule has 2 atom stereocenters. The highest BCUT2D eigenvalue weighted by Crippen LogP contribution is 2.34. The third-order valence-electron chi connectivity index (χ3n) is 7.53. The number of methoxy groups -OCH3 is 2. The molecule has 0 bridgehead atoms. The van der Waals surface area contributed by atoms with Crippen molar-refractivity contribution in [1.29, 1.82) is 0 Å². The Hall–Kier alpha value is -4.05. The topological polar surface area (TPSA) is 105 Å². The fraction of sp³-hybridized carbons (Fsp3) is 0.394. The molecule has 0 aliphatic rings. The van der Waals surface area contributed by atoms with Crippen LogP contribution in [-0.4, -0.2) is 58.0 Å². The molecule has 0 heterocycles. The number of hydrogen-bond donors (Lipinski definition) is 1. The second kappa shape index (κ2) is 14.9. The minimum atomic E-state index is -4.21. The van der Waals surface area contributed by atoms with Crippen LogP contribution in [0.25, 0.3) is 0 Å². The Morgan fingerprint density at radius 2 is 1.53 bits per heavy atom. The summed E-state index contributed by atoms with van der Waals surface area (Å²) in [4.78, 5) is 29.3. The first kappa shape index (κ1) is 33.5. The van der Waals surface area contributed by atoms with Crippen molar-refractivity contribution < 1.29 is 27.5 Å². The molecule has 9 nitrogen and oxygen atoms in total. The second-order valence-electron chi connectivity index (χ2n) is 10.6. The third kappa shape index (κ3) is 8.07. The normalized spacial score (nSPS) is 12.6. The van der Waals surface area contributed by atoms with Gasteiger partial charge in [0.05, 0.1) is 24.8 Å². The summed E-state index contributed by atoms with van der Waals surface area (Å²) in [6.07, 6.45) is 1.08. The van der Waals surface area contributed by atoms with E-state index in [0.717, 1.165) is 27.4 Å². The van der Waals surface area contributed by atoms with Gasteiger partial charge in [-0.15, -0.1) is 0 Å². The highest BCUT2D eigenvalue weighted by Gasteiger charge is 2.34. The van der Waals surface area contributed by atoms with Gasteiger partial charge in [-0.2, -0.15) is 0 Å². The fourth-order valence-electron chi connectivity index (χ4n) is 4.68. The standard InChI is InChI=1S/C33H43N3O6S/c1-8-25(5)34-33(38)29(9-2)35(21-26-13-11-10-12-24(26)4)32(37)22-36(27-16-19-30(41-6)31(20-27)42-7)43(39,40)28-17-14-23(3)15-18-28/h10-20,25,29H,8-9,21-22H2,1-7H3,(H,34,38). The van der Waals surface area contributed by atoms with Crippen molar-refractivity contribution in [2.75, 3.05) is 25.1 Å². The van der Waals surface area contributed by atoms with Crippen LogP contribution >= 0.6 is 0 Å². The molecular formula is C33H43N3O6S. The maximum Gasteiger partial charge on any atom is 0.264 e. The summed E-state index contributed by atoms with van der Waals surface area (Å²) in [5.74, 6) is -0.0652. The van der Waals surface area contributed by atoms with Crippen LogP contribution < -0.4 is 19.1 Å². The van der Waals surface area contributed by atoms with E-state index in [9.17, 15) is 18.0 Å². The van der Waals surface area contributed by atoms with Crippen LogP contribution in [0.1, 0.15) is 50.3 Å². The number of anilines is 1. The van der Waals surface area contributed by atoms with Crippen molar-refractivity contribution in [2.24, 2.45) is 0 Å². The van der Waals surface area contributed by atoms with Gasteiger partial charge in [0.15, 0.2) is 11.5 Å². The Bertz CT molecular complexity index is 1510. The van der Waals surface area contributed by atoms with Crippen molar-refractivity contribution in [3.63, 3.8) is 0 Å². The van der Waals surface area contributed by atoms with Gasteiger partial charge in [0.1, 0.15) is 12.6 Å². The van der Waals surface area contributed by atoms with Crippen LogP contribution in [-0.2, 0) is 26.2 Å². The van der Waals surface area contributed by atoms with Gasteiger partial charge in [-0.25, -0.2) is 8.42 Å². The summed E-state index contributed by atoms with van der Waals surface area (Å²) in [6.45, 7) is 9.13. The molecule has 3 aromatic rings. The number of nitrogens with one attached hydrogen (secondary N) is 1. The molecule has 2 unspecified atom stereocenters. The summed E-state index contributed by atoms with van der Waals surface area (Å²) in [7, 11) is -1.27. The highest BCUT2D eigenvalue weighted by molar-refractivity contribution is 7.92. The average molecular weight is 610 g/mol. The number of hydrogen-bond acceptors (Lipinski definition) is 6. The van der Waals surface area contributed by atoms with Crippen LogP contribution in [0.4, 0.5) is 5.69 Å². The Labute approximate surface area is 255 Å². The Morgan fingerprint density at radius 1 is 0.884 bits per heavy atom. The zero-order valence-electron chi connectivity index (χ0n) is 26.1. The molecule has 232 valence electrons. The van der Waals surface area contributed by atoms with Crippen molar-refractivity contribution >= 4 is 27.5 Å². The van der Waals surface area contributed by atoms with Gasteiger partial charge < -0.3 is 19.7 Å². The smallest absolute Gasteiger partial charge is 0.264 e. The maximum absolute atomic E-state index is 14.3. The molecule has 3 rings (SSSR count). The number of amides is 2. The largest absolute Gasteiger partial charge is 0.493 e. The van der Waals surface area contributed by atoms with E-state index in [1.165, 1.54) is 37.3 Å². The van der Waals surface area contributed by atoms with Crippen LogP contribution in [0.3, 0.4) is 0 Å². The van der Waals surface area contributed by atoms with E-state index in [1.807, 2.05) is 58.9 Å². The van der Waals surface area contributed by atoms with E-state index in [1.54, 1.807) is 24.3 Å². The molecule has 0 radical (unpaired) electrons. The Balaban J connectivity index is 2.13. The minimum Gasteiger partial charge on any atom is -0.493 e. The van der Waals surface area contributed by atoms with Gasteiger partial charge in [0, 0.05) is 18.7 Å². The number of sulfonamides is 1. The molecule has 0 aliphatic heterocycles. The zero-order valence-corrected chi connectivity index (χ0v) is 26.9. The van der Waals surface area contributed by atoms with Crippen LogP contribution in [0.5, 0.6) is 11.5 Å². The fourth-order valence-corrected chi connectivity index (χ4v) is 6.08. The van der Waals surface area contributed by atoms with Gasteiger partial charge in [-0.05, 0) is 69.0 Å². The number of ether oxygens (including phenoxy) is 2. The van der Waals surface area contributed by atoms with Crippen molar-refractivity contribution in [3.8, 4) is 11.5 Å². The van der Waals surface area contributed by atoms with Gasteiger partial charge in [0.2, 0.25) is 11.8 Å². The summed E-state index contributed by atoms with van der Waals surface area (Å²) in [5.41, 5.74) is 2.95. The summed E-state index contributed by atoms with van der Waals surface area (Å²) in [6, 6.07) is 17.9. The lowest BCUT2D eigenvalue weighted by molar-refractivity contribution is -0.140. The number of carbonyl (C=O) groups is 2. The molecule has 0 saturated carbocycles. The molecule has 1 N–H and O–H groups in total. The molecular weight excluding hydrogens is 566 g/mol. The van der Waals surface area contributed by atoms with Gasteiger partial charge in [-0.3, -0.25) is 13.9 Å². The van der Waals surface area contributed by atoms with Crippen molar-refractivity contribution in [2.45, 2.75) is 71.0 Å². The summed E-state index contributed by atoms with van der Waals surface area (Å²) >= 11 is 0. The average Bonchev–Trinajstić information content (AvgIpc) is 3.00. The predicted octanol–water partition coefficient (Wildman–Crippen LogP) is 5.24. The van der Waals surface area contributed by atoms with E-state index >= 15 is 0 Å². The Kier molecular flexibility index (Phi) is 11.6. The lowest BCUT2D eigenvalue weighted by Gasteiger charge is -2.34. The first-order chi connectivity index (χ1) is 20.5. The van der Waals surface area contributed by atoms with Crippen LogP contribution in [0.15, 0.2) is 71.6 Å². The zero-order chi connectivity index (χ0) is 31.7. The maximum atomic E-state index is 14.3. The molecule has 0 saturated heterocycles. The second-order valence-corrected chi connectivity index (χ2v) is 12.4. The lowest BCUT2D eigenvalue weighted by atomic mass is 10.1. The molecule has 3 aromatic carbocycles. The molecule has 0 spiro atoms. The first-order valence-corrected chi connectivity index (χ1v) is 15.9. The van der Waals surface area contributed by atoms with E-state index in [4.69, 9.17) is 9.47 Å². The third-order valence-corrected chi connectivity index (χ3v) is 9.32. The van der Waals surface area contributed by atoms with E-state index < -0.39 is 28.5 Å². The summed E-state index contributed by atoms with van der Waals surface area (Å²) < 4.78 is 40.1. The van der Waals surface area contributed by atoms with Gasteiger partial charge in [-0.1, -0.05) is 55.8 Å². The molecule has 2 amide bonds. The molecule has 0 aliphatic carbocycles. The molecule has 43 heavy (non-hydrogen) atoms. The van der Waals surface area contributed by atoms with Crippen molar-refractivity contribution in [1.82, 2.24) is 10.2 Å². The van der Waals surface area contributed by atoms with Crippen LogP contribution in [0, 0.1) is 13.8 Å². The highest BCUT2D eigenvalue weighted by atomic mass is 32.2. The number of aryl methyl sites for hydroxylation is 2. The summed E-state index contributed by atoms with van der Waals surface area (Å²) in [5, 5.41) is 3.00. The Morgan fingerprint density at radius 3 is 2.12 bits per heavy atom. The minimum absolute atomic E-state index is 0.0349. The molecule has 0 aromatic heterocycles. The van der Waals surface area contributed by atoms with E-state index in [2.05, 4.69) is 5.32 Å². The number of benzene rings is 3. The van der Waals surface area contributed by atoms with Crippen LogP contribution in [0.2, 0.25) is 0 Å². The number of nitrogens with zero attached hydrogens (tertiary/aromatic N) is 2. The molecule has 0 fully saturated rings. The van der Waals surface area contributed by atoms with Gasteiger partial charge >= 0.3 is 0 Å². The SMILES string of the molecule is CCC(C)NC(=O)C(CC)N(Cc1ccccc1C)C(=O)CN(c1ccc(OC)c(OC)c1)S(=O)(=O)c1ccc(C)cc1. The molecule has 10 heteroatoms. The quantitative estimate of drug-likeness (QED) is 0.268. The first-order valence-electron chi connectivity index (χ1n) is 14.4. The monoisotopic (exact) mass is 609 g/mol.